The number of hydrogen-bond donors (Lipinski definition) is 3. The van der Waals surface area contributed by atoms with E-state index in [0.717, 1.165) is 0 Å². The first-order chi connectivity index (χ1) is 13.2. The van der Waals surface area contributed by atoms with Gasteiger partial charge in [0.1, 0.15) is 23.5 Å². The molecule has 1 aliphatic heterocycles. The standard InChI is InChI=1S/C17H23N5O4S/c1-3-24-7-8-26-12-5-6-18-11(14(12)25-4-2)9-22-15-13(19-10-20-15)16(23)21-17(22)27/h5-6,10,17,27H,3-4,7-9H2,1-2H3,(H,19,20)(H,21,23). The van der Waals surface area contributed by atoms with Gasteiger partial charge in [-0.1, -0.05) is 0 Å². The molecule has 10 heteroatoms. The first kappa shape index (κ1) is 19.3. The van der Waals surface area contributed by atoms with Crippen molar-refractivity contribution in [3.05, 3.63) is 30.0 Å². The maximum atomic E-state index is 12.0. The molecule has 27 heavy (non-hydrogen) atoms. The lowest BCUT2D eigenvalue weighted by Crippen LogP contribution is -2.49. The van der Waals surface area contributed by atoms with E-state index in [1.54, 1.807) is 12.3 Å². The van der Waals surface area contributed by atoms with Gasteiger partial charge in [-0.3, -0.25) is 9.78 Å². The summed E-state index contributed by atoms with van der Waals surface area (Å²) in [5, 5.41) is 2.77. The van der Waals surface area contributed by atoms with Crippen molar-refractivity contribution in [3.8, 4) is 11.5 Å². The Morgan fingerprint density at radius 1 is 1.22 bits per heavy atom. The maximum absolute atomic E-state index is 12.0. The van der Waals surface area contributed by atoms with Gasteiger partial charge in [0.05, 0.1) is 26.1 Å². The normalized spacial score (nSPS) is 16.0. The van der Waals surface area contributed by atoms with Crippen molar-refractivity contribution in [2.24, 2.45) is 0 Å². The van der Waals surface area contributed by atoms with Crippen LogP contribution in [0.4, 0.5) is 5.82 Å². The minimum absolute atomic E-state index is 0.246. The first-order valence-electron chi connectivity index (χ1n) is 8.75. The number of aromatic nitrogens is 3. The molecular weight excluding hydrogens is 370 g/mol. The van der Waals surface area contributed by atoms with Crippen molar-refractivity contribution in [2.75, 3.05) is 31.3 Å². The second kappa shape index (κ2) is 8.96. The number of aromatic amines is 1. The molecule has 0 aliphatic carbocycles. The van der Waals surface area contributed by atoms with E-state index in [2.05, 4.69) is 32.9 Å². The van der Waals surface area contributed by atoms with Crippen LogP contribution in [0.5, 0.6) is 11.5 Å². The molecule has 3 heterocycles. The van der Waals surface area contributed by atoms with E-state index in [1.165, 1.54) is 6.33 Å². The predicted molar refractivity (Wildman–Crippen MR) is 102 cm³/mol. The Bertz CT molecular complexity index is 784. The number of nitrogens with zero attached hydrogens (tertiary/aromatic N) is 3. The van der Waals surface area contributed by atoms with Gasteiger partial charge in [-0.15, -0.1) is 12.6 Å². The Morgan fingerprint density at radius 2 is 2.07 bits per heavy atom. The smallest absolute Gasteiger partial charge is 0.273 e. The van der Waals surface area contributed by atoms with Crippen molar-refractivity contribution in [2.45, 2.75) is 25.9 Å². The summed E-state index contributed by atoms with van der Waals surface area (Å²) in [4.78, 5) is 25.4. The van der Waals surface area contributed by atoms with Crippen LogP contribution >= 0.6 is 12.6 Å². The number of nitrogens with one attached hydrogen (secondary N) is 2. The number of fused-ring (bicyclic) bond motifs is 1. The Hall–Kier alpha value is -2.46. The van der Waals surface area contributed by atoms with Crippen LogP contribution in [0.1, 0.15) is 30.0 Å². The van der Waals surface area contributed by atoms with Crippen LogP contribution in [-0.4, -0.2) is 52.8 Å². The minimum atomic E-state index is -0.535. The lowest BCUT2D eigenvalue weighted by atomic mass is 10.2. The monoisotopic (exact) mass is 393 g/mol. The van der Waals surface area contributed by atoms with E-state index in [9.17, 15) is 4.79 Å². The molecule has 0 saturated heterocycles. The van der Waals surface area contributed by atoms with Crippen molar-refractivity contribution in [1.29, 1.82) is 0 Å². The Kier molecular flexibility index (Phi) is 6.40. The van der Waals surface area contributed by atoms with Gasteiger partial charge in [-0.2, -0.15) is 0 Å². The molecule has 0 radical (unpaired) electrons. The van der Waals surface area contributed by atoms with Crippen molar-refractivity contribution < 1.29 is 19.0 Å². The van der Waals surface area contributed by atoms with E-state index in [1.807, 2.05) is 18.7 Å². The third-order valence-corrected chi connectivity index (χ3v) is 4.32. The molecule has 2 N–H and O–H groups in total. The maximum Gasteiger partial charge on any atom is 0.273 e. The predicted octanol–water partition coefficient (Wildman–Crippen LogP) is 1.58. The summed E-state index contributed by atoms with van der Waals surface area (Å²) in [7, 11) is 0. The van der Waals surface area contributed by atoms with Crippen molar-refractivity contribution >= 4 is 24.4 Å². The van der Waals surface area contributed by atoms with Crippen LogP contribution in [0.3, 0.4) is 0 Å². The average molecular weight is 393 g/mol. The molecule has 1 aliphatic rings. The summed E-state index contributed by atoms with van der Waals surface area (Å²) in [5.74, 6) is 1.43. The van der Waals surface area contributed by atoms with Crippen LogP contribution in [0.25, 0.3) is 0 Å². The second-order valence-electron chi connectivity index (χ2n) is 5.64. The number of ether oxygens (including phenoxy) is 3. The quantitative estimate of drug-likeness (QED) is 0.439. The number of hydrogen-bond acceptors (Lipinski definition) is 8. The average Bonchev–Trinajstić information content (AvgIpc) is 3.14. The van der Waals surface area contributed by atoms with Crippen LogP contribution in [0.15, 0.2) is 18.6 Å². The lowest BCUT2D eigenvalue weighted by Gasteiger charge is -2.33. The molecule has 3 rings (SSSR count). The number of pyridine rings is 1. The van der Waals surface area contributed by atoms with E-state index < -0.39 is 5.50 Å². The molecule has 2 aromatic rings. The van der Waals surface area contributed by atoms with Crippen LogP contribution in [0.2, 0.25) is 0 Å². The number of carbonyl (C=O) groups excluding carboxylic acids is 1. The SMILES string of the molecule is CCOCCOc1ccnc(CN2c3nc[nH]c3C(=O)NC2S)c1OCC. The molecule has 2 aromatic heterocycles. The topological polar surface area (TPSA) is 102 Å². The Labute approximate surface area is 162 Å². The highest BCUT2D eigenvalue weighted by molar-refractivity contribution is 7.81. The van der Waals surface area contributed by atoms with E-state index >= 15 is 0 Å². The third-order valence-electron chi connectivity index (χ3n) is 3.91. The van der Waals surface area contributed by atoms with Gasteiger partial charge in [-0.05, 0) is 13.8 Å². The van der Waals surface area contributed by atoms with Gasteiger partial charge < -0.3 is 29.4 Å². The number of anilines is 1. The second-order valence-corrected chi connectivity index (χ2v) is 6.13. The van der Waals surface area contributed by atoms with Gasteiger partial charge in [0.2, 0.25) is 0 Å². The Balaban J connectivity index is 1.84. The number of amides is 1. The van der Waals surface area contributed by atoms with Crippen molar-refractivity contribution in [1.82, 2.24) is 20.3 Å². The van der Waals surface area contributed by atoms with Gasteiger partial charge >= 0.3 is 0 Å². The van der Waals surface area contributed by atoms with Gasteiger partial charge in [-0.25, -0.2) is 4.98 Å². The summed E-state index contributed by atoms with van der Waals surface area (Å²) in [6.45, 7) is 6.18. The number of H-pyrrole nitrogens is 1. The number of carbonyl (C=O) groups is 1. The number of rotatable bonds is 9. The van der Waals surface area contributed by atoms with E-state index in [-0.39, 0.29) is 5.91 Å². The molecule has 0 bridgehead atoms. The van der Waals surface area contributed by atoms with Gasteiger partial charge in [0, 0.05) is 18.9 Å². The molecule has 1 unspecified atom stereocenters. The molecule has 9 nitrogen and oxygen atoms in total. The number of imidazole rings is 1. The zero-order valence-corrected chi connectivity index (χ0v) is 16.2. The zero-order valence-electron chi connectivity index (χ0n) is 15.3. The summed E-state index contributed by atoms with van der Waals surface area (Å²) in [6.07, 6.45) is 3.14. The van der Waals surface area contributed by atoms with Crippen LogP contribution in [-0.2, 0) is 11.3 Å². The highest BCUT2D eigenvalue weighted by atomic mass is 32.1. The Morgan fingerprint density at radius 3 is 2.85 bits per heavy atom. The fraction of sp³-hybridized carbons (Fsp3) is 0.471. The molecule has 0 saturated carbocycles. The van der Waals surface area contributed by atoms with E-state index in [0.29, 0.717) is 61.7 Å². The minimum Gasteiger partial charge on any atom is -0.488 e. The van der Waals surface area contributed by atoms with Crippen LogP contribution in [0, 0.1) is 0 Å². The number of thiol groups is 1. The summed E-state index contributed by atoms with van der Waals surface area (Å²) >= 11 is 4.46. The van der Waals surface area contributed by atoms with Gasteiger partial charge in [0.25, 0.3) is 5.91 Å². The highest BCUT2D eigenvalue weighted by Crippen LogP contribution is 2.33. The molecule has 1 amide bonds. The fourth-order valence-electron chi connectivity index (χ4n) is 2.73. The molecule has 0 aromatic carbocycles. The molecule has 0 spiro atoms. The van der Waals surface area contributed by atoms with Crippen LogP contribution < -0.4 is 19.7 Å². The lowest BCUT2D eigenvalue weighted by molar-refractivity contribution is 0.0937. The van der Waals surface area contributed by atoms with E-state index in [4.69, 9.17) is 14.2 Å². The first-order valence-corrected chi connectivity index (χ1v) is 9.27. The summed E-state index contributed by atoms with van der Waals surface area (Å²) in [5.41, 5.74) is 0.518. The highest BCUT2D eigenvalue weighted by Gasteiger charge is 2.32. The summed E-state index contributed by atoms with van der Waals surface area (Å²) < 4.78 is 16.9. The summed E-state index contributed by atoms with van der Waals surface area (Å²) in [6, 6.07) is 1.76. The largest absolute Gasteiger partial charge is 0.488 e. The van der Waals surface area contributed by atoms with Crippen molar-refractivity contribution in [3.63, 3.8) is 0 Å². The zero-order chi connectivity index (χ0) is 19.2. The molecular formula is C17H23N5O4S. The molecule has 1 atom stereocenters. The molecule has 0 fully saturated rings. The third kappa shape index (κ3) is 4.28. The fourth-order valence-corrected chi connectivity index (χ4v) is 3.04. The molecule has 146 valence electrons. The van der Waals surface area contributed by atoms with Gasteiger partial charge in [0.15, 0.2) is 17.3 Å².